The molecule has 2 rings (SSSR count). The van der Waals surface area contributed by atoms with Crippen LogP contribution in [-0.2, 0) is 0 Å². The van der Waals surface area contributed by atoms with Crippen molar-refractivity contribution in [2.75, 3.05) is 0 Å². The highest BCUT2D eigenvalue weighted by Crippen LogP contribution is 2.28. The predicted octanol–water partition coefficient (Wildman–Crippen LogP) is 4.50. The number of rotatable bonds is 1. The molecule has 0 aliphatic carbocycles. The summed E-state index contributed by atoms with van der Waals surface area (Å²) in [5.74, 6) is -0.263. The van der Waals surface area contributed by atoms with E-state index in [1.807, 2.05) is 0 Å². The van der Waals surface area contributed by atoms with E-state index in [9.17, 15) is 4.39 Å². The lowest BCUT2D eigenvalue weighted by Gasteiger charge is -2.06. The van der Waals surface area contributed by atoms with Crippen molar-refractivity contribution in [2.24, 2.45) is 0 Å². The molecule has 0 aliphatic rings. The normalized spacial score (nSPS) is 10.5. The minimum Gasteiger partial charge on any atom is -0.224 e. The molecule has 1 heterocycles. The van der Waals surface area contributed by atoms with Crippen molar-refractivity contribution in [3.8, 4) is 11.1 Å². The third-order valence-electron chi connectivity index (χ3n) is 2.27. The fourth-order valence-corrected chi connectivity index (χ4v) is 1.95. The van der Waals surface area contributed by atoms with Crippen LogP contribution in [0.4, 0.5) is 4.39 Å². The highest BCUT2D eigenvalue weighted by Gasteiger charge is 2.09. The lowest BCUT2D eigenvalue weighted by Crippen LogP contribution is -1.89. The molecule has 1 aromatic carbocycles. The number of nitrogens with zero attached hydrogens (tertiary/aromatic N) is 1. The number of halogens is 3. The van der Waals surface area contributed by atoms with Crippen molar-refractivity contribution in [3.63, 3.8) is 0 Å². The van der Waals surface area contributed by atoms with Crippen LogP contribution in [0.1, 0.15) is 5.56 Å². The first-order chi connectivity index (χ1) is 7.58. The number of aromatic nitrogens is 1. The Morgan fingerprint density at radius 1 is 1.12 bits per heavy atom. The summed E-state index contributed by atoms with van der Waals surface area (Å²) in [5.41, 5.74) is 1.69. The fourth-order valence-electron chi connectivity index (χ4n) is 1.49. The summed E-state index contributed by atoms with van der Waals surface area (Å²) in [6.07, 6.45) is 0. The summed E-state index contributed by atoms with van der Waals surface area (Å²) in [6.45, 7) is 1.71. The molecule has 0 saturated carbocycles. The highest BCUT2D eigenvalue weighted by atomic mass is 35.5. The quantitative estimate of drug-likeness (QED) is 0.684. The Morgan fingerprint density at radius 3 is 2.38 bits per heavy atom. The minimum atomic E-state index is -0.263. The maximum atomic E-state index is 13.8. The number of aryl methyl sites for hydroxylation is 1. The Hall–Kier alpha value is -1.12. The Bertz CT molecular complexity index is 520. The molecule has 16 heavy (non-hydrogen) atoms. The molecule has 0 fully saturated rings. The first-order valence-corrected chi connectivity index (χ1v) is 5.42. The van der Waals surface area contributed by atoms with Gasteiger partial charge < -0.3 is 0 Å². The van der Waals surface area contributed by atoms with Crippen molar-refractivity contribution in [2.45, 2.75) is 6.92 Å². The van der Waals surface area contributed by atoms with Crippen LogP contribution in [0, 0.1) is 12.7 Å². The number of hydrogen-bond donors (Lipinski definition) is 0. The molecule has 1 nitrogen and oxygen atoms in total. The SMILES string of the molecule is Cc1cccc(-c2cc(Cl)nc(Cl)c2)c1F. The van der Waals surface area contributed by atoms with Crippen molar-refractivity contribution >= 4 is 23.2 Å². The van der Waals surface area contributed by atoms with Gasteiger partial charge in [0.1, 0.15) is 16.1 Å². The first-order valence-electron chi connectivity index (χ1n) is 4.66. The van der Waals surface area contributed by atoms with Crippen LogP contribution in [0.3, 0.4) is 0 Å². The number of benzene rings is 1. The molecule has 0 bridgehead atoms. The van der Waals surface area contributed by atoms with E-state index in [-0.39, 0.29) is 16.1 Å². The highest BCUT2D eigenvalue weighted by molar-refractivity contribution is 6.32. The molecule has 0 N–H and O–H groups in total. The van der Waals surface area contributed by atoms with Gasteiger partial charge in [-0.3, -0.25) is 0 Å². The summed E-state index contributed by atoms with van der Waals surface area (Å²) in [6, 6.07) is 8.36. The lowest BCUT2D eigenvalue weighted by atomic mass is 10.0. The fraction of sp³-hybridized carbons (Fsp3) is 0.0833. The van der Waals surface area contributed by atoms with E-state index in [0.29, 0.717) is 16.7 Å². The summed E-state index contributed by atoms with van der Waals surface area (Å²) in [5, 5.41) is 0.506. The molecule has 0 spiro atoms. The second-order valence-electron chi connectivity index (χ2n) is 3.44. The van der Waals surface area contributed by atoms with E-state index in [1.165, 1.54) is 0 Å². The average Bonchev–Trinajstić information content (AvgIpc) is 2.20. The zero-order chi connectivity index (χ0) is 11.7. The maximum Gasteiger partial charge on any atom is 0.133 e. The molecule has 2 aromatic rings. The topological polar surface area (TPSA) is 12.9 Å². The van der Waals surface area contributed by atoms with Crippen LogP contribution in [0.2, 0.25) is 10.3 Å². The van der Waals surface area contributed by atoms with Crippen LogP contribution < -0.4 is 0 Å². The smallest absolute Gasteiger partial charge is 0.133 e. The van der Waals surface area contributed by atoms with Gasteiger partial charge in [0.2, 0.25) is 0 Å². The number of pyridine rings is 1. The van der Waals surface area contributed by atoms with Gasteiger partial charge in [-0.1, -0.05) is 41.4 Å². The molecule has 0 unspecified atom stereocenters. The summed E-state index contributed by atoms with van der Waals surface area (Å²) in [7, 11) is 0. The molecule has 82 valence electrons. The second kappa shape index (κ2) is 4.40. The van der Waals surface area contributed by atoms with Crippen molar-refractivity contribution in [1.29, 1.82) is 0 Å². The standard InChI is InChI=1S/C12H8Cl2FN/c1-7-3-2-4-9(12(7)15)8-5-10(13)16-11(14)6-8/h2-6H,1H3. The van der Waals surface area contributed by atoms with Gasteiger partial charge in [-0.25, -0.2) is 9.37 Å². The molecule has 0 radical (unpaired) electrons. The van der Waals surface area contributed by atoms with Crippen molar-refractivity contribution in [1.82, 2.24) is 4.98 Å². The van der Waals surface area contributed by atoms with Gasteiger partial charge in [0.25, 0.3) is 0 Å². The van der Waals surface area contributed by atoms with Crippen LogP contribution in [-0.4, -0.2) is 4.98 Å². The predicted molar refractivity (Wildman–Crippen MR) is 64.4 cm³/mol. The molecule has 0 aliphatic heterocycles. The summed E-state index contributed by atoms with van der Waals surface area (Å²) in [4.78, 5) is 3.82. The monoisotopic (exact) mass is 255 g/mol. The molecular weight excluding hydrogens is 248 g/mol. The van der Waals surface area contributed by atoms with Gasteiger partial charge in [0, 0.05) is 5.56 Å². The van der Waals surface area contributed by atoms with E-state index in [4.69, 9.17) is 23.2 Å². The van der Waals surface area contributed by atoms with Crippen LogP contribution >= 0.6 is 23.2 Å². The van der Waals surface area contributed by atoms with Gasteiger partial charge >= 0.3 is 0 Å². The molecule has 0 amide bonds. The van der Waals surface area contributed by atoms with E-state index in [2.05, 4.69) is 4.98 Å². The summed E-state index contributed by atoms with van der Waals surface area (Å²) < 4.78 is 13.8. The van der Waals surface area contributed by atoms with E-state index in [0.717, 1.165) is 0 Å². The van der Waals surface area contributed by atoms with Crippen LogP contribution in [0.15, 0.2) is 30.3 Å². The second-order valence-corrected chi connectivity index (χ2v) is 4.21. The van der Waals surface area contributed by atoms with Gasteiger partial charge in [-0.15, -0.1) is 0 Å². The third kappa shape index (κ3) is 2.18. The molecule has 1 aromatic heterocycles. The first kappa shape index (κ1) is 11.4. The molecule has 0 atom stereocenters. The van der Waals surface area contributed by atoms with Gasteiger partial charge in [0.05, 0.1) is 0 Å². The zero-order valence-electron chi connectivity index (χ0n) is 8.47. The Labute approximate surface area is 103 Å². The van der Waals surface area contributed by atoms with E-state index in [1.54, 1.807) is 37.3 Å². The van der Waals surface area contributed by atoms with Crippen molar-refractivity contribution < 1.29 is 4.39 Å². The Morgan fingerprint density at radius 2 is 1.75 bits per heavy atom. The van der Waals surface area contributed by atoms with Gasteiger partial charge in [-0.2, -0.15) is 0 Å². The molecular formula is C12H8Cl2FN. The van der Waals surface area contributed by atoms with Crippen LogP contribution in [0.5, 0.6) is 0 Å². The van der Waals surface area contributed by atoms with Crippen molar-refractivity contribution in [3.05, 3.63) is 52.0 Å². The summed E-state index contributed by atoms with van der Waals surface area (Å²) >= 11 is 11.5. The largest absolute Gasteiger partial charge is 0.224 e. The van der Waals surface area contributed by atoms with Gasteiger partial charge in [0.15, 0.2) is 0 Å². The van der Waals surface area contributed by atoms with Crippen LogP contribution in [0.25, 0.3) is 11.1 Å². The maximum absolute atomic E-state index is 13.8. The molecule has 4 heteroatoms. The third-order valence-corrected chi connectivity index (χ3v) is 2.65. The van der Waals surface area contributed by atoms with Gasteiger partial charge in [-0.05, 0) is 30.2 Å². The van der Waals surface area contributed by atoms with E-state index >= 15 is 0 Å². The average molecular weight is 256 g/mol. The zero-order valence-corrected chi connectivity index (χ0v) is 9.98. The number of hydrogen-bond acceptors (Lipinski definition) is 1. The Kier molecular flexibility index (Phi) is 3.13. The van der Waals surface area contributed by atoms with E-state index < -0.39 is 0 Å². The Balaban J connectivity index is 2.63. The lowest BCUT2D eigenvalue weighted by molar-refractivity contribution is 0.622. The molecule has 0 saturated heterocycles. The minimum absolute atomic E-state index is 0.253.